The first-order valence-corrected chi connectivity index (χ1v) is 9.87. The molecule has 0 radical (unpaired) electrons. The molecule has 6 heteroatoms. The maximum absolute atomic E-state index is 12.7. The molecule has 3 aromatic rings. The van der Waals surface area contributed by atoms with Gasteiger partial charge in [-0.05, 0) is 41.6 Å². The number of methoxy groups -OCH3 is 1. The summed E-state index contributed by atoms with van der Waals surface area (Å²) < 4.78 is 5.26. The Balaban J connectivity index is 1.36. The van der Waals surface area contributed by atoms with E-state index in [0.29, 0.717) is 32.5 Å². The zero-order chi connectivity index (χ0) is 20.2. The van der Waals surface area contributed by atoms with Gasteiger partial charge in [-0.2, -0.15) is 0 Å². The molecule has 0 saturated carbocycles. The molecule has 150 valence electrons. The van der Waals surface area contributed by atoms with Crippen LogP contribution < -0.4 is 10.1 Å². The maximum atomic E-state index is 12.7. The SMILES string of the molecule is COc1cccc(CN2C[C@H](C(=O)NCc3cc4ccccc4[nH]3)CCC2=O)c1. The van der Waals surface area contributed by atoms with Crippen molar-refractivity contribution in [2.24, 2.45) is 5.92 Å². The molecule has 0 spiro atoms. The van der Waals surface area contributed by atoms with Crippen LogP contribution in [0.3, 0.4) is 0 Å². The molecule has 1 aliphatic rings. The first-order chi connectivity index (χ1) is 14.1. The van der Waals surface area contributed by atoms with E-state index < -0.39 is 0 Å². The van der Waals surface area contributed by atoms with Gasteiger partial charge in [-0.15, -0.1) is 0 Å². The number of nitrogens with one attached hydrogen (secondary N) is 2. The third kappa shape index (κ3) is 4.42. The number of amides is 2. The summed E-state index contributed by atoms with van der Waals surface area (Å²) in [6.45, 7) is 1.38. The van der Waals surface area contributed by atoms with Gasteiger partial charge in [0.05, 0.1) is 19.6 Å². The number of carbonyl (C=O) groups is 2. The molecular weight excluding hydrogens is 366 g/mol. The highest BCUT2D eigenvalue weighted by Crippen LogP contribution is 2.22. The van der Waals surface area contributed by atoms with E-state index in [2.05, 4.69) is 16.4 Å². The third-order valence-electron chi connectivity index (χ3n) is 5.42. The molecule has 2 amide bonds. The Morgan fingerprint density at radius 1 is 1.21 bits per heavy atom. The number of benzene rings is 2. The van der Waals surface area contributed by atoms with E-state index in [0.717, 1.165) is 27.9 Å². The van der Waals surface area contributed by atoms with E-state index in [1.165, 1.54) is 0 Å². The highest BCUT2D eigenvalue weighted by atomic mass is 16.5. The molecule has 0 bridgehead atoms. The van der Waals surface area contributed by atoms with Gasteiger partial charge < -0.3 is 19.9 Å². The number of nitrogens with zero attached hydrogens (tertiary/aromatic N) is 1. The van der Waals surface area contributed by atoms with Gasteiger partial charge in [-0.3, -0.25) is 9.59 Å². The molecule has 4 rings (SSSR count). The Hall–Kier alpha value is -3.28. The molecular formula is C23H25N3O3. The lowest BCUT2D eigenvalue weighted by molar-refractivity contribution is -0.139. The molecule has 1 fully saturated rings. The number of rotatable bonds is 6. The minimum Gasteiger partial charge on any atom is -0.497 e. The summed E-state index contributed by atoms with van der Waals surface area (Å²) in [7, 11) is 1.62. The average Bonchev–Trinajstić information content (AvgIpc) is 3.17. The van der Waals surface area contributed by atoms with Crippen LogP contribution in [0.2, 0.25) is 0 Å². The number of hydrogen-bond donors (Lipinski definition) is 2. The second kappa shape index (κ2) is 8.39. The fourth-order valence-corrected chi connectivity index (χ4v) is 3.83. The second-order valence-electron chi connectivity index (χ2n) is 7.46. The molecule has 6 nitrogen and oxygen atoms in total. The maximum Gasteiger partial charge on any atom is 0.225 e. The van der Waals surface area contributed by atoms with Gasteiger partial charge >= 0.3 is 0 Å². The van der Waals surface area contributed by atoms with Crippen molar-refractivity contribution in [3.63, 3.8) is 0 Å². The van der Waals surface area contributed by atoms with Crippen LogP contribution in [0.1, 0.15) is 24.1 Å². The topological polar surface area (TPSA) is 74.4 Å². The minimum atomic E-state index is -0.192. The van der Waals surface area contributed by atoms with E-state index >= 15 is 0 Å². The van der Waals surface area contributed by atoms with Gasteiger partial charge in [-0.1, -0.05) is 30.3 Å². The molecule has 1 atom stereocenters. The predicted octanol–water partition coefficient (Wildman–Crippen LogP) is 3.23. The number of carbonyl (C=O) groups excluding carboxylic acids is 2. The van der Waals surface area contributed by atoms with Gasteiger partial charge in [-0.25, -0.2) is 0 Å². The Morgan fingerprint density at radius 3 is 2.90 bits per heavy atom. The molecule has 2 N–H and O–H groups in total. The zero-order valence-electron chi connectivity index (χ0n) is 16.5. The molecule has 0 aliphatic carbocycles. The Labute approximate surface area is 169 Å². The van der Waals surface area contributed by atoms with E-state index in [1.54, 1.807) is 12.0 Å². The van der Waals surface area contributed by atoms with Crippen molar-refractivity contribution in [3.05, 3.63) is 65.9 Å². The number of piperidine rings is 1. The summed E-state index contributed by atoms with van der Waals surface area (Å²) in [6.07, 6.45) is 0.987. The monoisotopic (exact) mass is 391 g/mol. The first-order valence-electron chi connectivity index (χ1n) is 9.87. The third-order valence-corrected chi connectivity index (χ3v) is 5.42. The number of likely N-dealkylation sites (tertiary alicyclic amines) is 1. The lowest BCUT2D eigenvalue weighted by Crippen LogP contribution is -2.45. The molecule has 2 heterocycles. The van der Waals surface area contributed by atoms with Crippen molar-refractivity contribution >= 4 is 22.7 Å². The summed E-state index contributed by atoms with van der Waals surface area (Å²) >= 11 is 0. The van der Waals surface area contributed by atoms with E-state index in [9.17, 15) is 9.59 Å². The summed E-state index contributed by atoms with van der Waals surface area (Å²) in [4.78, 5) is 30.2. The van der Waals surface area contributed by atoms with Gasteiger partial charge in [0.1, 0.15) is 5.75 Å². The normalized spacial score (nSPS) is 16.8. The molecule has 29 heavy (non-hydrogen) atoms. The second-order valence-corrected chi connectivity index (χ2v) is 7.46. The fourth-order valence-electron chi connectivity index (χ4n) is 3.83. The molecule has 1 aromatic heterocycles. The van der Waals surface area contributed by atoms with E-state index in [-0.39, 0.29) is 17.7 Å². The number of aromatic amines is 1. The van der Waals surface area contributed by atoms with Gasteiger partial charge in [0, 0.05) is 30.7 Å². The van der Waals surface area contributed by atoms with Gasteiger partial charge in [0.15, 0.2) is 0 Å². The number of hydrogen-bond acceptors (Lipinski definition) is 3. The van der Waals surface area contributed by atoms with Crippen LogP contribution in [0.4, 0.5) is 0 Å². The van der Waals surface area contributed by atoms with Crippen LogP contribution in [0.15, 0.2) is 54.6 Å². The zero-order valence-corrected chi connectivity index (χ0v) is 16.5. The van der Waals surface area contributed by atoms with E-state index in [1.807, 2.05) is 48.5 Å². The standard InChI is InChI=1S/C23H25N3O3/c1-29-20-7-4-5-16(11-20)14-26-15-18(9-10-22(26)27)23(28)24-13-19-12-17-6-2-3-8-21(17)25-19/h2-8,11-12,18,25H,9-10,13-15H2,1H3,(H,24,28)/t18-/m1/s1. The summed E-state index contributed by atoms with van der Waals surface area (Å²) in [5, 5.41) is 4.15. The Bertz CT molecular complexity index is 994. The van der Waals surface area contributed by atoms with Crippen LogP contribution in [-0.4, -0.2) is 35.4 Å². The molecule has 2 aromatic carbocycles. The van der Waals surface area contributed by atoms with Crippen molar-refractivity contribution in [2.75, 3.05) is 13.7 Å². The summed E-state index contributed by atoms with van der Waals surface area (Å²) in [6, 6.07) is 17.8. The fraction of sp³-hybridized carbons (Fsp3) is 0.304. The number of ether oxygens (including phenoxy) is 1. The first kappa shape index (κ1) is 19.1. The molecule has 1 saturated heterocycles. The smallest absolute Gasteiger partial charge is 0.225 e. The highest BCUT2D eigenvalue weighted by molar-refractivity contribution is 5.84. The number of H-pyrrole nitrogens is 1. The Morgan fingerprint density at radius 2 is 2.07 bits per heavy atom. The van der Waals surface area contributed by atoms with Crippen LogP contribution in [0.5, 0.6) is 5.75 Å². The van der Waals surface area contributed by atoms with Crippen LogP contribution >= 0.6 is 0 Å². The number of para-hydroxylation sites is 1. The Kier molecular flexibility index (Phi) is 5.51. The van der Waals surface area contributed by atoms with Gasteiger partial charge in [0.25, 0.3) is 0 Å². The lowest BCUT2D eigenvalue weighted by atomic mass is 9.96. The summed E-state index contributed by atoms with van der Waals surface area (Å²) in [5.41, 5.74) is 3.03. The average molecular weight is 391 g/mol. The predicted molar refractivity (Wildman–Crippen MR) is 111 cm³/mol. The number of fused-ring (bicyclic) bond motifs is 1. The number of aromatic nitrogens is 1. The van der Waals surface area contributed by atoms with Crippen molar-refractivity contribution in [3.8, 4) is 5.75 Å². The van der Waals surface area contributed by atoms with Crippen molar-refractivity contribution in [1.29, 1.82) is 0 Å². The largest absolute Gasteiger partial charge is 0.497 e. The highest BCUT2D eigenvalue weighted by Gasteiger charge is 2.30. The van der Waals surface area contributed by atoms with E-state index in [4.69, 9.17) is 4.74 Å². The van der Waals surface area contributed by atoms with Crippen molar-refractivity contribution in [1.82, 2.24) is 15.2 Å². The van der Waals surface area contributed by atoms with Crippen molar-refractivity contribution < 1.29 is 14.3 Å². The summed E-state index contributed by atoms with van der Waals surface area (Å²) in [5.74, 6) is 0.654. The van der Waals surface area contributed by atoms with Crippen LogP contribution in [-0.2, 0) is 22.7 Å². The minimum absolute atomic E-state index is 0.00759. The van der Waals surface area contributed by atoms with Gasteiger partial charge in [0.2, 0.25) is 11.8 Å². The van der Waals surface area contributed by atoms with Crippen molar-refractivity contribution in [2.45, 2.75) is 25.9 Å². The lowest BCUT2D eigenvalue weighted by Gasteiger charge is -2.32. The quantitative estimate of drug-likeness (QED) is 0.677. The van der Waals surface area contributed by atoms with Crippen LogP contribution in [0.25, 0.3) is 10.9 Å². The van der Waals surface area contributed by atoms with Crippen LogP contribution in [0, 0.1) is 5.92 Å². The molecule has 0 unspecified atom stereocenters. The molecule has 1 aliphatic heterocycles.